The summed E-state index contributed by atoms with van der Waals surface area (Å²) >= 11 is 1.01. The normalized spacial score (nSPS) is 10.4. The highest BCUT2D eigenvalue weighted by molar-refractivity contribution is 7.15. The molecule has 11 nitrogen and oxygen atoms in total. The van der Waals surface area contributed by atoms with E-state index in [1.54, 1.807) is 12.3 Å². The Bertz CT molecular complexity index is 1170. The number of nitrogens with one attached hydrogen (secondary N) is 1. The van der Waals surface area contributed by atoms with E-state index in [4.69, 9.17) is 4.74 Å². The van der Waals surface area contributed by atoms with Crippen molar-refractivity contribution in [2.75, 3.05) is 11.9 Å². The number of carbonyl (C=O) groups excluding carboxylic acids is 2. The van der Waals surface area contributed by atoms with Gasteiger partial charge in [-0.2, -0.15) is 0 Å². The lowest BCUT2D eigenvalue weighted by Gasteiger charge is -2.09. The molecule has 2 aromatic heterocycles. The molecule has 31 heavy (non-hydrogen) atoms. The number of hydrogen-bond acceptors (Lipinski definition) is 9. The lowest BCUT2D eigenvalue weighted by atomic mass is 10.0. The van der Waals surface area contributed by atoms with Gasteiger partial charge in [0.05, 0.1) is 11.5 Å². The van der Waals surface area contributed by atoms with E-state index in [0.29, 0.717) is 11.1 Å². The number of carbonyl (C=O) groups is 3. The number of carboxylic acid groups (broad SMARTS) is 1. The van der Waals surface area contributed by atoms with Gasteiger partial charge in [-0.05, 0) is 24.6 Å². The number of amides is 1. The zero-order chi connectivity index (χ0) is 22.5. The summed E-state index contributed by atoms with van der Waals surface area (Å²) in [4.78, 5) is 54.3. The predicted molar refractivity (Wildman–Crippen MR) is 109 cm³/mol. The number of rotatable bonds is 7. The largest absolute Gasteiger partial charge is 0.476 e. The monoisotopic (exact) mass is 442 g/mol. The topological polar surface area (TPSA) is 162 Å². The summed E-state index contributed by atoms with van der Waals surface area (Å²) in [6, 6.07) is 5.53. The van der Waals surface area contributed by atoms with Crippen molar-refractivity contribution < 1.29 is 29.2 Å². The number of carboxylic acids is 1. The molecule has 0 fully saturated rings. The summed E-state index contributed by atoms with van der Waals surface area (Å²) in [5, 5.41) is 24.3. The molecule has 0 bridgehead atoms. The van der Waals surface area contributed by atoms with Crippen LogP contribution in [0.15, 0.2) is 42.0 Å². The summed E-state index contributed by atoms with van der Waals surface area (Å²) in [7, 11) is 0. The van der Waals surface area contributed by atoms with Crippen molar-refractivity contribution in [2.45, 2.75) is 6.92 Å². The first kappa shape index (κ1) is 21.5. The van der Waals surface area contributed by atoms with E-state index in [9.17, 15) is 29.6 Å². The molecule has 0 saturated heterocycles. The highest BCUT2D eigenvalue weighted by atomic mass is 32.1. The molecule has 0 atom stereocenters. The molecule has 0 unspecified atom stereocenters. The predicted octanol–water partition coefficient (Wildman–Crippen LogP) is 3.24. The smallest absolute Gasteiger partial charge is 0.356 e. The van der Waals surface area contributed by atoms with Crippen molar-refractivity contribution >= 4 is 39.9 Å². The summed E-state index contributed by atoms with van der Waals surface area (Å²) in [5.41, 5.74) is -0.147. The molecule has 2 heterocycles. The maximum Gasteiger partial charge on any atom is 0.356 e. The van der Waals surface area contributed by atoms with E-state index in [2.05, 4.69) is 15.3 Å². The van der Waals surface area contributed by atoms with Crippen LogP contribution in [0.4, 0.5) is 10.7 Å². The molecule has 0 saturated carbocycles. The second-order valence-corrected chi connectivity index (χ2v) is 6.77. The lowest BCUT2D eigenvalue weighted by molar-refractivity contribution is -0.384. The molecule has 0 aliphatic heterocycles. The number of esters is 1. The Morgan fingerprint density at radius 2 is 1.81 bits per heavy atom. The van der Waals surface area contributed by atoms with E-state index in [0.717, 1.165) is 17.5 Å². The number of nitro groups is 1. The first-order valence-electron chi connectivity index (χ1n) is 8.72. The van der Waals surface area contributed by atoms with Gasteiger partial charge in [0.2, 0.25) is 0 Å². The van der Waals surface area contributed by atoms with Gasteiger partial charge in [0.1, 0.15) is 10.6 Å². The van der Waals surface area contributed by atoms with Crippen LogP contribution in [0.2, 0.25) is 0 Å². The maximum atomic E-state index is 12.6. The van der Waals surface area contributed by atoms with Crippen LogP contribution in [-0.4, -0.2) is 44.5 Å². The van der Waals surface area contributed by atoms with Gasteiger partial charge >= 0.3 is 11.9 Å². The Hall–Kier alpha value is -4.19. The number of ether oxygens (including phenoxy) is 1. The second-order valence-electron chi connectivity index (χ2n) is 5.89. The summed E-state index contributed by atoms with van der Waals surface area (Å²) < 4.78 is 5.09. The molecule has 0 aliphatic rings. The van der Waals surface area contributed by atoms with E-state index in [-0.39, 0.29) is 22.9 Å². The number of anilines is 1. The Morgan fingerprint density at radius 3 is 2.39 bits per heavy atom. The fraction of sp³-hybridized carbons (Fsp3) is 0.105. The molecule has 158 valence electrons. The molecule has 1 amide bonds. The summed E-state index contributed by atoms with van der Waals surface area (Å²) in [5.74, 6) is -3.01. The van der Waals surface area contributed by atoms with Crippen LogP contribution >= 0.6 is 11.3 Å². The molecule has 3 aromatic rings. The molecule has 0 aliphatic carbocycles. The second kappa shape index (κ2) is 9.09. The zero-order valence-corrected chi connectivity index (χ0v) is 16.7. The van der Waals surface area contributed by atoms with Crippen molar-refractivity contribution in [1.82, 2.24) is 9.97 Å². The third kappa shape index (κ3) is 4.53. The van der Waals surface area contributed by atoms with Crippen molar-refractivity contribution in [3.8, 4) is 11.1 Å². The molecule has 0 radical (unpaired) electrons. The van der Waals surface area contributed by atoms with Gasteiger partial charge in [-0.3, -0.25) is 14.9 Å². The van der Waals surface area contributed by atoms with Gasteiger partial charge < -0.3 is 15.2 Å². The van der Waals surface area contributed by atoms with Crippen LogP contribution in [0.5, 0.6) is 0 Å². The molecular weight excluding hydrogens is 428 g/mol. The molecular formula is C19H14N4O7S. The third-order valence-corrected chi connectivity index (χ3v) is 4.90. The minimum Gasteiger partial charge on any atom is -0.476 e. The van der Waals surface area contributed by atoms with E-state index < -0.39 is 34.2 Å². The standard InChI is InChI=1S/C19H14N4O7S/c1-2-30-19(27)13-12(10-3-5-11(6-4-10)23(28)29)9-31-17(13)22-16(24)14-15(18(25)26)21-8-7-20-14/h3-9H,2H2,1H3,(H,22,24)(H,25,26). The maximum absolute atomic E-state index is 12.6. The molecule has 1 aromatic carbocycles. The van der Waals surface area contributed by atoms with Gasteiger partial charge in [0.25, 0.3) is 11.6 Å². The van der Waals surface area contributed by atoms with Crippen molar-refractivity contribution in [2.24, 2.45) is 0 Å². The van der Waals surface area contributed by atoms with Crippen molar-refractivity contribution in [1.29, 1.82) is 0 Å². The number of nitrogens with zero attached hydrogens (tertiary/aromatic N) is 3. The van der Waals surface area contributed by atoms with Crippen LogP contribution in [-0.2, 0) is 4.74 Å². The van der Waals surface area contributed by atoms with Crippen LogP contribution < -0.4 is 5.32 Å². The first-order valence-corrected chi connectivity index (χ1v) is 9.60. The Labute approximate surface area is 178 Å². The van der Waals surface area contributed by atoms with Crippen LogP contribution in [0, 0.1) is 10.1 Å². The van der Waals surface area contributed by atoms with Gasteiger partial charge in [-0.1, -0.05) is 0 Å². The first-order chi connectivity index (χ1) is 14.8. The highest BCUT2D eigenvalue weighted by Gasteiger charge is 2.26. The molecule has 12 heteroatoms. The Balaban J connectivity index is 2.01. The van der Waals surface area contributed by atoms with Crippen LogP contribution in [0.1, 0.15) is 38.3 Å². The lowest BCUT2D eigenvalue weighted by Crippen LogP contribution is -2.20. The number of non-ortho nitro benzene ring substituents is 1. The van der Waals surface area contributed by atoms with Gasteiger partial charge in [0, 0.05) is 35.5 Å². The average Bonchev–Trinajstić information content (AvgIpc) is 3.17. The Morgan fingerprint density at radius 1 is 1.16 bits per heavy atom. The number of hydrogen-bond donors (Lipinski definition) is 2. The van der Waals surface area contributed by atoms with E-state index in [1.165, 1.54) is 30.5 Å². The molecule has 3 rings (SSSR count). The van der Waals surface area contributed by atoms with Crippen molar-refractivity contribution in [3.63, 3.8) is 0 Å². The Kier molecular flexibility index (Phi) is 6.31. The number of aromatic nitrogens is 2. The molecule has 2 N–H and O–H groups in total. The SMILES string of the molecule is CCOC(=O)c1c(-c2ccc([N+](=O)[O-])cc2)csc1NC(=O)c1nccnc1C(=O)O. The zero-order valence-electron chi connectivity index (χ0n) is 15.9. The van der Waals surface area contributed by atoms with E-state index in [1.807, 2.05) is 0 Å². The average molecular weight is 442 g/mol. The number of benzene rings is 1. The number of thiophene rings is 1. The minimum absolute atomic E-state index is 0.0369. The van der Waals surface area contributed by atoms with Gasteiger partial charge in [-0.15, -0.1) is 11.3 Å². The third-order valence-electron chi connectivity index (χ3n) is 4.00. The van der Waals surface area contributed by atoms with Gasteiger partial charge in [-0.25, -0.2) is 19.6 Å². The summed E-state index contributed by atoms with van der Waals surface area (Å²) in [6.07, 6.45) is 2.31. The van der Waals surface area contributed by atoms with Crippen LogP contribution in [0.3, 0.4) is 0 Å². The fourth-order valence-corrected chi connectivity index (χ4v) is 3.61. The van der Waals surface area contributed by atoms with E-state index >= 15 is 0 Å². The van der Waals surface area contributed by atoms with Gasteiger partial charge in [0.15, 0.2) is 11.4 Å². The van der Waals surface area contributed by atoms with Crippen LogP contribution in [0.25, 0.3) is 11.1 Å². The number of nitro benzene ring substituents is 1. The summed E-state index contributed by atoms with van der Waals surface area (Å²) in [6.45, 7) is 1.70. The minimum atomic E-state index is -1.43. The van der Waals surface area contributed by atoms with Crippen molar-refractivity contribution in [3.05, 3.63) is 69.1 Å². The quantitative estimate of drug-likeness (QED) is 0.318. The fourth-order valence-electron chi connectivity index (χ4n) is 2.65. The number of aromatic carboxylic acids is 1. The highest BCUT2D eigenvalue weighted by Crippen LogP contribution is 2.37. The molecule has 0 spiro atoms.